The van der Waals surface area contributed by atoms with Gasteiger partial charge in [-0.15, -0.1) is 0 Å². The van der Waals surface area contributed by atoms with E-state index in [-0.39, 0.29) is 36.8 Å². The van der Waals surface area contributed by atoms with Gasteiger partial charge in [-0.1, -0.05) is 10.3 Å². The predicted molar refractivity (Wildman–Crippen MR) is 83.2 cm³/mol. The van der Waals surface area contributed by atoms with Crippen LogP contribution in [0.15, 0.2) is 9.05 Å². The van der Waals surface area contributed by atoms with E-state index in [1.165, 1.54) is 0 Å². The summed E-state index contributed by atoms with van der Waals surface area (Å²) in [7, 11) is 0. The maximum Gasteiger partial charge on any atom is 0.315 e. The number of hydrogen-bond donors (Lipinski definition) is 3. The monoisotopic (exact) mass is 362 g/mol. The maximum absolute atomic E-state index is 12.1. The molecule has 1 atom stereocenters. The van der Waals surface area contributed by atoms with E-state index in [1.807, 2.05) is 0 Å². The summed E-state index contributed by atoms with van der Waals surface area (Å²) >= 11 is 0. The van der Waals surface area contributed by atoms with E-state index in [4.69, 9.17) is 9.05 Å². The Balaban J connectivity index is 1.28. The summed E-state index contributed by atoms with van der Waals surface area (Å²) in [6.07, 6.45) is 3.97. The Morgan fingerprint density at radius 2 is 1.54 bits per heavy atom. The van der Waals surface area contributed by atoms with Crippen LogP contribution in [0, 0.1) is 0 Å². The van der Waals surface area contributed by atoms with Crippen molar-refractivity contribution in [2.45, 2.75) is 43.6 Å². The Morgan fingerprint density at radius 3 is 2.04 bits per heavy atom. The molecular formula is C15H18N6O5. The molecular weight excluding hydrogens is 344 g/mol. The molecule has 2 aliphatic carbocycles. The lowest BCUT2D eigenvalue weighted by Gasteiger charge is -2.14. The third-order valence-corrected chi connectivity index (χ3v) is 4.22. The van der Waals surface area contributed by atoms with Crippen molar-refractivity contribution in [3.05, 3.63) is 23.4 Å². The van der Waals surface area contributed by atoms with Gasteiger partial charge in [-0.05, 0) is 25.7 Å². The molecule has 11 heteroatoms. The average Bonchev–Trinajstić information content (AvgIpc) is 3.58. The van der Waals surface area contributed by atoms with Crippen molar-refractivity contribution in [3.63, 3.8) is 0 Å². The lowest BCUT2D eigenvalue weighted by atomic mass is 10.3. The van der Waals surface area contributed by atoms with Crippen molar-refractivity contribution < 1.29 is 23.7 Å². The molecule has 2 amide bonds. The van der Waals surface area contributed by atoms with Gasteiger partial charge in [0.1, 0.15) is 0 Å². The summed E-state index contributed by atoms with van der Waals surface area (Å²) in [5.74, 6) is 0.126. The van der Waals surface area contributed by atoms with Crippen molar-refractivity contribution in [2.75, 3.05) is 13.2 Å². The van der Waals surface area contributed by atoms with Crippen LogP contribution in [0.25, 0.3) is 0 Å². The first-order valence-electron chi connectivity index (χ1n) is 8.51. The van der Waals surface area contributed by atoms with Gasteiger partial charge in [-0.3, -0.25) is 9.59 Å². The van der Waals surface area contributed by atoms with E-state index in [0.717, 1.165) is 25.7 Å². The molecule has 2 heterocycles. The summed E-state index contributed by atoms with van der Waals surface area (Å²) in [5.41, 5.74) is 0. The number of carbonyl (C=O) groups excluding carboxylic acids is 2. The quantitative estimate of drug-likeness (QED) is 0.575. The van der Waals surface area contributed by atoms with Crippen LogP contribution < -0.4 is 10.6 Å². The van der Waals surface area contributed by atoms with Crippen molar-refractivity contribution >= 4 is 11.8 Å². The van der Waals surface area contributed by atoms with Gasteiger partial charge in [0.05, 0.1) is 12.6 Å². The Kier molecular flexibility index (Phi) is 4.37. The highest BCUT2D eigenvalue weighted by Crippen LogP contribution is 2.38. The number of nitrogens with one attached hydrogen (secondary N) is 2. The molecule has 4 rings (SSSR count). The minimum absolute atomic E-state index is 0.0220. The van der Waals surface area contributed by atoms with Crippen LogP contribution in [0.4, 0.5) is 0 Å². The molecule has 0 unspecified atom stereocenters. The molecule has 0 spiro atoms. The van der Waals surface area contributed by atoms with E-state index < -0.39 is 17.9 Å². The number of aliphatic hydroxyl groups excluding tert-OH is 1. The van der Waals surface area contributed by atoms with Gasteiger partial charge in [-0.25, -0.2) is 0 Å². The number of amides is 2. The normalized spacial score (nSPS) is 17.7. The number of rotatable bonds is 8. The van der Waals surface area contributed by atoms with Gasteiger partial charge in [0, 0.05) is 18.4 Å². The Hall–Kier alpha value is -2.82. The SMILES string of the molecule is O=C(NC[C@H](CO)NC(=O)c1nc(C2CC2)no1)c1nc(C2CC2)no1. The average molecular weight is 362 g/mol. The van der Waals surface area contributed by atoms with Gasteiger partial charge in [-0.2, -0.15) is 9.97 Å². The van der Waals surface area contributed by atoms with Crippen molar-refractivity contribution in [1.82, 2.24) is 30.9 Å². The third-order valence-electron chi connectivity index (χ3n) is 4.22. The van der Waals surface area contributed by atoms with Crippen LogP contribution in [0.5, 0.6) is 0 Å². The fourth-order valence-electron chi connectivity index (χ4n) is 2.37. The zero-order valence-electron chi connectivity index (χ0n) is 13.8. The van der Waals surface area contributed by atoms with Crippen molar-refractivity contribution in [2.24, 2.45) is 0 Å². The summed E-state index contributed by atoms with van der Waals surface area (Å²) < 4.78 is 9.84. The maximum atomic E-state index is 12.1. The summed E-state index contributed by atoms with van der Waals surface area (Å²) in [6, 6.07) is -0.728. The first-order valence-corrected chi connectivity index (χ1v) is 8.51. The first-order chi connectivity index (χ1) is 12.6. The van der Waals surface area contributed by atoms with Crippen LogP contribution in [0.1, 0.15) is 70.5 Å². The molecule has 0 radical (unpaired) electrons. The standard InChI is InChI=1S/C15H18N6O5/c22-6-9(17-13(24)15-19-11(21-26-15)8-3-4-8)5-16-12(23)14-18-10(20-25-14)7-1-2-7/h7-9,22H,1-6H2,(H,16,23)(H,17,24)/t9-/m1/s1. The van der Waals surface area contributed by atoms with Crippen LogP contribution in [-0.4, -0.2) is 56.4 Å². The number of carbonyl (C=O) groups is 2. The van der Waals surface area contributed by atoms with Gasteiger partial charge in [0.25, 0.3) is 0 Å². The second-order valence-corrected chi connectivity index (χ2v) is 6.53. The fourth-order valence-corrected chi connectivity index (χ4v) is 2.37. The summed E-state index contributed by atoms with van der Waals surface area (Å²) in [5, 5.41) is 22.0. The highest BCUT2D eigenvalue weighted by atomic mass is 16.5. The molecule has 2 saturated carbocycles. The van der Waals surface area contributed by atoms with Gasteiger partial charge >= 0.3 is 23.6 Å². The predicted octanol–water partition coefficient (Wildman–Crippen LogP) is -0.272. The lowest BCUT2D eigenvalue weighted by Crippen LogP contribution is -2.46. The highest BCUT2D eigenvalue weighted by molar-refractivity contribution is 5.90. The highest BCUT2D eigenvalue weighted by Gasteiger charge is 2.31. The van der Waals surface area contributed by atoms with Crippen LogP contribution in [0.3, 0.4) is 0 Å². The molecule has 11 nitrogen and oxygen atoms in total. The molecule has 0 aromatic carbocycles. The summed E-state index contributed by atoms with van der Waals surface area (Å²) in [4.78, 5) is 32.2. The van der Waals surface area contributed by atoms with E-state index in [1.54, 1.807) is 0 Å². The molecule has 0 aliphatic heterocycles. The Bertz CT molecular complexity index is 809. The second-order valence-electron chi connectivity index (χ2n) is 6.53. The second kappa shape index (κ2) is 6.83. The molecule has 0 bridgehead atoms. The molecule has 2 aliphatic rings. The number of aliphatic hydroxyl groups is 1. The fraction of sp³-hybridized carbons (Fsp3) is 0.600. The topological polar surface area (TPSA) is 156 Å². The third kappa shape index (κ3) is 3.72. The van der Waals surface area contributed by atoms with Crippen molar-refractivity contribution in [1.29, 1.82) is 0 Å². The lowest BCUT2D eigenvalue weighted by molar-refractivity contribution is 0.0843. The number of nitrogens with zero attached hydrogens (tertiary/aromatic N) is 4. The van der Waals surface area contributed by atoms with E-state index in [9.17, 15) is 14.7 Å². The van der Waals surface area contributed by atoms with E-state index in [0.29, 0.717) is 11.6 Å². The minimum Gasteiger partial charge on any atom is -0.394 e. The van der Waals surface area contributed by atoms with Gasteiger partial charge < -0.3 is 24.8 Å². The molecule has 26 heavy (non-hydrogen) atoms. The minimum atomic E-state index is -0.728. The van der Waals surface area contributed by atoms with Gasteiger partial charge in [0.2, 0.25) is 0 Å². The van der Waals surface area contributed by atoms with Crippen LogP contribution >= 0.6 is 0 Å². The zero-order chi connectivity index (χ0) is 18.1. The first kappa shape index (κ1) is 16.6. The van der Waals surface area contributed by atoms with E-state index >= 15 is 0 Å². The molecule has 138 valence electrons. The number of hydrogen-bond acceptors (Lipinski definition) is 9. The molecule has 2 fully saturated rings. The molecule has 2 aromatic rings. The smallest absolute Gasteiger partial charge is 0.315 e. The van der Waals surface area contributed by atoms with Gasteiger partial charge in [0.15, 0.2) is 11.6 Å². The Morgan fingerprint density at radius 1 is 1.00 bits per heavy atom. The van der Waals surface area contributed by atoms with E-state index in [2.05, 4.69) is 30.9 Å². The van der Waals surface area contributed by atoms with Crippen molar-refractivity contribution in [3.8, 4) is 0 Å². The molecule has 2 aromatic heterocycles. The molecule has 3 N–H and O–H groups in total. The summed E-state index contributed by atoms with van der Waals surface area (Å²) in [6.45, 7) is -0.404. The zero-order valence-corrected chi connectivity index (χ0v) is 13.8. The largest absolute Gasteiger partial charge is 0.394 e. The van der Waals surface area contributed by atoms with Crippen LogP contribution in [-0.2, 0) is 0 Å². The molecule has 0 saturated heterocycles. The van der Waals surface area contributed by atoms with Crippen LogP contribution in [0.2, 0.25) is 0 Å². The number of aromatic nitrogens is 4. The Labute approximate surface area is 147 Å².